The van der Waals surface area contributed by atoms with E-state index in [-0.39, 0.29) is 5.91 Å². The zero-order valence-electron chi connectivity index (χ0n) is 10.2. The Bertz CT molecular complexity index is 537. The van der Waals surface area contributed by atoms with Gasteiger partial charge in [0.1, 0.15) is 5.69 Å². The van der Waals surface area contributed by atoms with Crippen LogP contribution < -0.4 is 5.32 Å². The van der Waals surface area contributed by atoms with E-state index in [9.17, 15) is 4.79 Å². The van der Waals surface area contributed by atoms with E-state index in [0.717, 1.165) is 38.1 Å². The van der Waals surface area contributed by atoms with Gasteiger partial charge in [-0.1, -0.05) is 6.07 Å². The smallest absolute Gasteiger partial charge is 0.271 e. The number of fused-ring (bicyclic) bond motifs is 1. The first-order valence-electron chi connectivity index (χ1n) is 6.35. The van der Waals surface area contributed by atoms with Gasteiger partial charge in [-0.25, -0.2) is 0 Å². The molecule has 3 heterocycles. The van der Waals surface area contributed by atoms with Crippen molar-refractivity contribution in [2.45, 2.75) is 12.8 Å². The Hall–Kier alpha value is -1.75. The molecule has 18 heavy (non-hydrogen) atoms. The summed E-state index contributed by atoms with van der Waals surface area (Å²) in [5.41, 5.74) is 1.59. The highest BCUT2D eigenvalue weighted by atomic mass is 16.5. The molecule has 1 saturated heterocycles. The Balaban J connectivity index is 1.59. The molecule has 1 aliphatic heterocycles. The van der Waals surface area contributed by atoms with Crippen molar-refractivity contribution in [3.8, 4) is 0 Å². The van der Waals surface area contributed by atoms with Crippen LogP contribution >= 0.6 is 0 Å². The quantitative estimate of drug-likeness (QED) is 0.862. The second-order valence-electron chi connectivity index (χ2n) is 4.71. The summed E-state index contributed by atoms with van der Waals surface area (Å²) in [6, 6.07) is 5.78. The van der Waals surface area contributed by atoms with Crippen LogP contribution in [0.1, 0.15) is 23.3 Å². The van der Waals surface area contributed by atoms with Crippen molar-refractivity contribution < 1.29 is 9.53 Å². The number of rotatable bonds is 3. The van der Waals surface area contributed by atoms with Gasteiger partial charge in [0.15, 0.2) is 0 Å². The van der Waals surface area contributed by atoms with E-state index in [4.69, 9.17) is 4.74 Å². The van der Waals surface area contributed by atoms with Gasteiger partial charge >= 0.3 is 0 Å². The molecule has 1 amide bonds. The van der Waals surface area contributed by atoms with Crippen molar-refractivity contribution in [2.24, 2.45) is 5.92 Å². The Morgan fingerprint density at radius 1 is 1.44 bits per heavy atom. The molecule has 1 aliphatic rings. The molecule has 0 aliphatic carbocycles. The van der Waals surface area contributed by atoms with E-state index in [2.05, 4.69) is 10.4 Å². The minimum Gasteiger partial charge on any atom is -0.381 e. The molecule has 2 aromatic heterocycles. The number of pyridine rings is 1. The molecule has 1 fully saturated rings. The summed E-state index contributed by atoms with van der Waals surface area (Å²) in [6.07, 6.45) is 3.97. The molecule has 2 N–H and O–H groups in total. The fourth-order valence-corrected chi connectivity index (χ4v) is 2.31. The summed E-state index contributed by atoms with van der Waals surface area (Å²) >= 11 is 0. The van der Waals surface area contributed by atoms with Gasteiger partial charge in [0.25, 0.3) is 5.91 Å². The van der Waals surface area contributed by atoms with Crippen LogP contribution in [0.5, 0.6) is 0 Å². The molecule has 0 bridgehead atoms. The van der Waals surface area contributed by atoms with E-state index in [1.807, 2.05) is 28.9 Å². The number of aromatic amines is 1. The van der Waals surface area contributed by atoms with E-state index in [0.29, 0.717) is 11.6 Å². The molecule has 2 aromatic rings. The predicted molar refractivity (Wildman–Crippen MR) is 67.6 cm³/mol. The lowest BCUT2D eigenvalue weighted by molar-refractivity contribution is 0.0641. The molecule has 0 unspecified atom stereocenters. The van der Waals surface area contributed by atoms with Gasteiger partial charge in [-0.3, -0.25) is 14.4 Å². The van der Waals surface area contributed by atoms with Crippen molar-refractivity contribution in [3.63, 3.8) is 0 Å². The minimum atomic E-state index is -0.0207. The number of nitrogens with zero attached hydrogens (tertiary/aromatic N) is 1. The summed E-state index contributed by atoms with van der Waals surface area (Å²) in [5.74, 6) is 0.527. The molecular formula is C13H17N3O2. The van der Waals surface area contributed by atoms with Crippen LogP contribution in [0.25, 0.3) is 5.52 Å². The van der Waals surface area contributed by atoms with Gasteiger partial charge in [-0.2, -0.15) is 0 Å². The number of nitrogens with one attached hydrogen (secondary N) is 2. The van der Waals surface area contributed by atoms with Crippen LogP contribution in [0.15, 0.2) is 24.4 Å². The van der Waals surface area contributed by atoms with Gasteiger partial charge in [0, 0.05) is 26.0 Å². The zero-order chi connectivity index (χ0) is 12.4. The number of aromatic nitrogens is 2. The maximum absolute atomic E-state index is 12.0. The fraction of sp³-hybridized carbons (Fsp3) is 0.462. The number of carbonyl (C=O) groups excluding carboxylic acids is 1. The lowest BCUT2D eigenvalue weighted by atomic mass is 10.0. The molecule has 96 valence electrons. The molecule has 0 atom stereocenters. The number of hydrogen-bond donors (Lipinski definition) is 2. The number of ether oxygens (including phenoxy) is 1. The second-order valence-corrected chi connectivity index (χ2v) is 4.71. The van der Waals surface area contributed by atoms with Crippen molar-refractivity contribution in [1.29, 1.82) is 0 Å². The maximum Gasteiger partial charge on any atom is 0.271 e. The lowest BCUT2D eigenvalue weighted by Crippen LogP contribution is -2.34. The molecular weight excluding hydrogens is 230 g/mol. The monoisotopic (exact) mass is 247 g/mol. The third kappa shape index (κ3) is 2.13. The summed E-state index contributed by atoms with van der Waals surface area (Å²) < 4.78 is 7.14. The van der Waals surface area contributed by atoms with Crippen LogP contribution in [0.4, 0.5) is 0 Å². The Kier molecular flexibility index (Phi) is 3.06. The molecule has 0 radical (unpaired) electrons. The molecule has 3 rings (SSSR count). The van der Waals surface area contributed by atoms with E-state index < -0.39 is 0 Å². The fourth-order valence-electron chi connectivity index (χ4n) is 2.31. The van der Waals surface area contributed by atoms with E-state index in [1.165, 1.54) is 0 Å². The molecule has 5 nitrogen and oxygen atoms in total. The topological polar surface area (TPSA) is 58.5 Å². The Labute approximate surface area is 105 Å². The van der Waals surface area contributed by atoms with Gasteiger partial charge in [-0.05, 0) is 30.9 Å². The second kappa shape index (κ2) is 4.86. The molecule has 0 spiro atoms. The zero-order valence-corrected chi connectivity index (χ0v) is 10.2. The van der Waals surface area contributed by atoms with Crippen molar-refractivity contribution in [1.82, 2.24) is 14.9 Å². The van der Waals surface area contributed by atoms with Crippen LogP contribution in [0, 0.1) is 5.92 Å². The van der Waals surface area contributed by atoms with E-state index >= 15 is 0 Å². The predicted octanol–water partition coefficient (Wildman–Crippen LogP) is 1.42. The average molecular weight is 247 g/mol. The average Bonchev–Trinajstić information content (AvgIpc) is 2.39. The van der Waals surface area contributed by atoms with E-state index in [1.54, 1.807) is 0 Å². The summed E-state index contributed by atoms with van der Waals surface area (Å²) in [6.45, 7) is 2.36. The minimum absolute atomic E-state index is 0.0207. The first-order chi connectivity index (χ1) is 8.84. The van der Waals surface area contributed by atoms with Crippen molar-refractivity contribution >= 4 is 11.4 Å². The lowest BCUT2D eigenvalue weighted by Gasteiger charge is -2.22. The highest BCUT2D eigenvalue weighted by molar-refractivity contribution is 5.99. The summed E-state index contributed by atoms with van der Waals surface area (Å²) in [7, 11) is 0. The first-order valence-corrected chi connectivity index (χ1v) is 6.35. The SMILES string of the molecule is O=C(NCC1CCOCC1)c1[nH]n2ccccc12. The summed E-state index contributed by atoms with van der Waals surface area (Å²) in [5, 5.41) is 6.00. The van der Waals surface area contributed by atoms with Gasteiger partial charge in [-0.15, -0.1) is 0 Å². The van der Waals surface area contributed by atoms with Gasteiger partial charge < -0.3 is 10.1 Å². The first kappa shape index (κ1) is 11.3. The number of hydrogen-bond acceptors (Lipinski definition) is 2. The van der Waals surface area contributed by atoms with Gasteiger partial charge in [0.05, 0.1) is 5.52 Å². The van der Waals surface area contributed by atoms with Crippen LogP contribution in [-0.2, 0) is 4.74 Å². The molecule has 0 aromatic carbocycles. The highest BCUT2D eigenvalue weighted by Gasteiger charge is 2.18. The van der Waals surface area contributed by atoms with Crippen LogP contribution in [0.3, 0.4) is 0 Å². The Morgan fingerprint density at radius 2 is 2.28 bits per heavy atom. The highest BCUT2D eigenvalue weighted by Crippen LogP contribution is 2.14. The summed E-state index contributed by atoms with van der Waals surface area (Å²) in [4.78, 5) is 12.0. The normalized spacial score (nSPS) is 17.1. The maximum atomic E-state index is 12.0. The largest absolute Gasteiger partial charge is 0.381 e. The number of carbonyl (C=O) groups is 1. The third-order valence-corrected chi connectivity index (χ3v) is 3.47. The number of amides is 1. The van der Waals surface area contributed by atoms with Crippen molar-refractivity contribution in [3.05, 3.63) is 30.1 Å². The third-order valence-electron chi connectivity index (χ3n) is 3.47. The van der Waals surface area contributed by atoms with Gasteiger partial charge in [0.2, 0.25) is 0 Å². The molecule has 5 heteroatoms. The van der Waals surface area contributed by atoms with Crippen LogP contribution in [-0.4, -0.2) is 35.3 Å². The Morgan fingerprint density at radius 3 is 3.06 bits per heavy atom. The number of H-pyrrole nitrogens is 1. The molecule has 0 saturated carbocycles. The van der Waals surface area contributed by atoms with Crippen molar-refractivity contribution in [2.75, 3.05) is 19.8 Å². The van der Waals surface area contributed by atoms with Crippen LogP contribution in [0.2, 0.25) is 0 Å². The standard InChI is InChI=1S/C13H17N3O2/c17-13(14-9-10-4-7-18-8-5-10)12-11-3-1-2-6-16(11)15-12/h1-3,6,10,15H,4-5,7-9H2,(H,14,17).